The number of aliphatic hydroxyl groups excluding tert-OH is 1. The smallest absolute Gasteiger partial charge is 0.434 e. The number of anilines is 1. The quantitative estimate of drug-likeness (QED) is 0.235. The minimum atomic E-state index is -4.95. The number of sulfonamides is 1. The van der Waals surface area contributed by atoms with Crippen molar-refractivity contribution in [1.82, 2.24) is 9.62 Å². The molecule has 0 spiro atoms. The maximum atomic E-state index is 13.7. The van der Waals surface area contributed by atoms with E-state index < -0.39 is 58.9 Å². The van der Waals surface area contributed by atoms with Crippen LogP contribution in [0.2, 0.25) is 0 Å². The first kappa shape index (κ1) is 36.4. The molecule has 0 bridgehead atoms. The normalized spacial score (nSPS) is 16.5. The number of carbonyl (C=O) groups is 3. The third-order valence-electron chi connectivity index (χ3n) is 7.43. The van der Waals surface area contributed by atoms with E-state index in [1.807, 2.05) is 0 Å². The Balaban J connectivity index is 1.53. The van der Waals surface area contributed by atoms with Gasteiger partial charge in [-0.1, -0.05) is 44.2 Å². The summed E-state index contributed by atoms with van der Waals surface area (Å²) >= 11 is 0. The molecule has 0 aliphatic carbocycles. The van der Waals surface area contributed by atoms with Gasteiger partial charge in [0.25, 0.3) is 5.91 Å². The molecule has 48 heavy (non-hydrogen) atoms. The SMILES string of the molecule is CC(=O)c1ccc(N2C[C@@H](C(=O)N[C@@H](Cc3ccccc3)[C@H](O)CN(CC(C)C)S(=O)(=O)c3ccc(OC(F)(F)F)cc3)OC2=O)cc1. The van der Waals surface area contributed by atoms with Gasteiger partial charge in [0.1, 0.15) is 5.75 Å². The minimum absolute atomic E-state index is 0.0518. The van der Waals surface area contributed by atoms with Crippen LogP contribution in [0, 0.1) is 5.92 Å². The summed E-state index contributed by atoms with van der Waals surface area (Å²) in [5.74, 6) is -1.68. The van der Waals surface area contributed by atoms with Gasteiger partial charge in [0.05, 0.1) is 23.6 Å². The second-order valence-corrected chi connectivity index (χ2v) is 13.6. The van der Waals surface area contributed by atoms with Crippen molar-refractivity contribution in [2.75, 3.05) is 24.5 Å². The van der Waals surface area contributed by atoms with Gasteiger partial charge in [-0.3, -0.25) is 14.5 Å². The van der Waals surface area contributed by atoms with Crippen LogP contribution in [-0.2, 0) is 26.0 Å². The number of hydrogen-bond acceptors (Lipinski definition) is 8. The second kappa shape index (κ2) is 15.2. The van der Waals surface area contributed by atoms with Crippen LogP contribution in [-0.4, -0.2) is 79.9 Å². The zero-order valence-corrected chi connectivity index (χ0v) is 27.2. The number of benzene rings is 3. The van der Waals surface area contributed by atoms with Gasteiger partial charge in [0.15, 0.2) is 11.9 Å². The first-order chi connectivity index (χ1) is 22.5. The van der Waals surface area contributed by atoms with Gasteiger partial charge in [-0.25, -0.2) is 13.2 Å². The molecule has 0 unspecified atom stereocenters. The van der Waals surface area contributed by atoms with Crippen LogP contribution in [0.4, 0.5) is 23.7 Å². The highest BCUT2D eigenvalue weighted by Gasteiger charge is 2.39. The molecule has 2 amide bonds. The zero-order valence-electron chi connectivity index (χ0n) is 26.4. The number of ether oxygens (including phenoxy) is 2. The molecule has 3 atom stereocenters. The highest BCUT2D eigenvalue weighted by atomic mass is 32.2. The maximum Gasteiger partial charge on any atom is 0.573 e. The number of halogens is 3. The van der Waals surface area contributed by atoms with Crippen LogP contribution in [0.5, 0.6) is 5.75 Å². The molecule has 0 saturated carbocycles. The van der Waals surface area contributed by atoms with Crippen LogP contribution in [0.25, 0.3) is 0 Å². The lowest BCUT2D eigenvalue weighted by Gasteiger charge is -2.31. The fourth-order valence-corrected chi connectivity index (χ4v) is 6.71. The molecule has 258 valence electrons. The first-order valence-electron chi connectivity index (χ1n) is 15.0. The topological polar surface area (TPSA) is 143 Å². The van der Waals surface area contributed by atoms with E-state index in [1.54, 1.807) is 68.4 Å². The number of aliphatic hydroxyl groups is 1. The molecule has 1 fully saturated rings. The predicted molar refractivity (Wildman–Crippen MR) is 169 cm³/mol. The third kappa shape index (κ3) is 9.55. The summed E-state index contributed by atoms with van der Waals surface area (Å²) in [6, 6.07) is 17.7. The highest BCUT2D eigenvalue weighted by Crippen LogP contribution is 2.27. The average molecular weight is 692 g/mol. The van der Waals surface area contributed by atoms with Crippen molar-refractivity contribution in [3.05, 3.63) is 90.0 Å². The van der Waals surface area contributed by atoms with E-state index in [9.17, 15) is 41.1 Å². The number of rotatable bonds is 14. The largest absolute Gasteiger partial charge is 0.573 e. The summed E-state index contributed by atoms with van der Waals surface area (Å²) < 4.78 is 75.4. The number of Topliss-reactive ketones (excluding diaryl/α,β-unsaturated/α-hetero) is 1. The van der Waals surface area contributed by atoms with Gasteiger partial charge < -0.3 is 19.9 Å². The molecule has 1 aliphatic heterocycles. The van der Waals surface area contributed by atoms with Crippen molar-refractivity contribution in [2.24, 2.45) is 5.92 Å². The van der Waals surface area contributed by atoms with Crippen molar-refractivity contribution in [1.29, 1.82) is 0 Å². The lowest BCUT2D eigenvalue weighted by Crippen LogP contribution is -2.53. The van der Waals surface area contributed by atoms with E-state index in [-0.39, 0.29) is 36.1 Å². The maximum absolute atomic E-state index is 13.7. The molecule has 0 aromatic heterocycles. The predicted octanol–water partition coefficient (Wildman–Crippen LogP) is 4.55. The van der Waals surface area contributed by atoms with Crippen molar-refractivity contribution in [3.63, 3.8) is 0 Å². The zero-order chi connectivity index (χ0) is 35.2. The van der Waals surface area contributed by atoms with Gasteiger partial charge in [-0.2, -0.15) is 4.31 Å². The number of hydrogen-bond donors (Lipinski definition) is 2. The molecule has 1 saturated heterocycles. The summed E-state index contributed by atoms with van der Waals surface area (Å²) in [6.07, 6.45) is -8.38. The molecule has 3 aromatic carbocycles. The van der Waals surface area contributed by atoms with E-state index in [2.05, 4.69) is 10.1 Å². The van der Waals surface area contributed by atoms with Crippen molar-refractivity contribution in [3.8, 4) is 5.75 Å². The van der Waals surface area contributed by atoms with Crippen molar-refractivity contribution < 1.29 is 50.6 Å². The standard InChI is InChI=1S/C33H36F3N3O8S/c1-21(2)18-38(48(44,45)27-15-13-26(14-16-27)47-33(34,35)36)19-29(41)28(17-23-7-5-4-6-8-23)37-31(42)30-20-39(32(43)46-30)25-11-9-24(10-12-25)22(3)40/h4-16,21,28-30,41H,17-20H2,1-3H3,(H,37,42)/t28-,29+,30-/m0/s1. The molecule has 1 aliphatic rings. The van der Waals surface area contributed by atoms with Crippen molar-refractivity contribution >= 4 is 33.5 Å². The summed E-state index contributed by atoms with van der Waals surface area (Å²) in [5, 5.41) is 14.2. The Labute approximate surface area is 276 Å². The average Bonchev–Trinajstić information content (AvgIpc) is 3.41. The fourth-order valence-electron chi connectivity index (χ4n) is 5.09. The molecule has 15 heteroatoms. The van der Waals surface area contributed by atoms with Crippen LogP contribution in [0.15, 0.2) is 83.8 Å². The Hall–Kier alpha value is -4.47. The first-order valence-corrected chi connectivity index (χ1v) is 16.4. The Morgan fingerprint density at radius 1 is 1.02 bits per heavy atom. The van der Waals surface area contributed by atoms with E-state index in [0.717, 1.165) is 34.1 Å². The third-order valence-corrected chi connectivity index (χ3v) is 9.28. The Morgan fingerprint density at radius 3 is 2.21 bits per heavy atom. The van der Waals surface area contributed by atoms with Crippen molar-refractivity contribution in [2.45, 2.75) is 56.7 Å². The number of cyclic esters (lactones) is 1. The number of nitrogens with zero attached hydrogens (tertiary/aromatic N) is 2. The van der Waals surface area contributed by atoms with E-state index in [4.69, 9.17) is 4.74 Å². The molecular formula is C33H36F3N3O8S. The summed E-state index contributed by atoms with van der Waals surface area (Å²) in [6.45, 7) is 4.24. The fraction of sp³-hybridized carbons (Fsp3) is 0.364. The molecule has 1 heterocycles. The van der Waals surface area contributed by atoms with Crippen LogP contribution in [0.1, 0.15) is 36.7 Å². The molecule has 3 aromatic rings. The summed E-state index contributed by atoms with van der Waals surface area (Å²) in [7, 11) is -4.33. The molecule has 0 radical (unpaired) electrons. The lowest BCUT2D eigenvalue weighted by molar-refractivity contribution is -0.274. The minimum Gasteiger partial charge on any atom is -0.434 e. The lowest BCUT2D eigenvalue weighted by atomic mass is 10.0. The van der Waals surface area contributed by atoms with Gasteiger partial charge in [-0.15, -0.1) is 13.2 Å². The Kier molecular flexibility index (Phi) is 11.5. The van der Waals surface area contributed by atoms with E-state index in [0.29, 0.717) is 11.3 Å². The molecular weight excluding hydrogens is 655 g/mol. The summed E-state index contributed by atoms with van der Waals surface area (Å²) in [5.41, 5.74) is 1.57. The van der Waals surface area contributed by atoms with Crippen LogP contribution in [0.3, 0.4) is 0 Å². The molecule has 4 rings (SSSR count). The van der Waals surface area contributed by atoms with Gasteiger partial charge >= 0.3 is 12.5 Å². The van der Waals surface area contributed by atoms with Crippen LogP contribution >= 0.6 is 0 Å². The number of amides is 2. The number of ketones is 1. The van der Waals surface area contributed by atoms with Gasteiger partial charge in [0, 0.05) is 24.3 Å². The second-order valence-electron chi connectivity index (χ2n) is 11.7. The Bertz CT molecular complexity index is 1690. The molecule has 11 nitrogen and oxygen atoms in total. The van der Waals surface area contributed by atoms with Crippen LogP contribution < -0.4 is 15.0 Å². The Morgan fingerprint density at radius 2 is 1.65 bits per heavy atom. The number of carbonyl (C=O) groups excluding carboxylic acids is 3. The number of nitrogens with one attached hydrogen (secondary N) is 1. The highest BCUT2D eigenvalue weighted by molar-refractivity contribution is 7.89. The van der Waals surface area contributed by atoms with E-state index >= 15 is 0 Å². The van der Waals surface area contributed by atoms with E-state index in [1.165, 1.54) is 11.8 Å². The number of alkyl halides is 3. The van der Waals surface area contributed by atoms with Gasteiger partial charge in [0.2, 0.25) is 10.0 Å². The molecule has 2 N–H and O–H groups in total. The summed E-state index contributed by atoms with van der Waals surface area (Å²) in [4.78, 5) is 38.6. The monoisotopic (exact) mass is 691 g/mol. The van der Waals surface area contributed by atoms with Gasteiger partial charge in [-0.05, 0) is 73.4 Å².